The third kappa shape index (κ3) is 7.53. The first-order chi connectivity index (χ1) is 23.1. The number of aromatic nitrogens is 3. The highest BCUT2D eigenvalue weighted by atomic mass is 16.1. The molecular formula is C42H39N3O2. The number of ketones is 2. The number of carbonyl (C=O) groups is 2. The van der Waals surface area contributed by atoms with Crippen molar-refractivity contribution in [3.05, 3.63) is 156 Å². The molecule has 0 atom stereocenters. The Labute approximate surface area is 276 Å². The molecule has 0 saturated heterocycles. The molecule has 0 aliphatic heterocycles. The Bertz CT molecular complexity index is 1810. The van der Waals surface area contributed by atoms with Crippen LogP contribution in [0.3, 0.4) is 0 Å². The zero-order valence-corrected chi connectivity index (χ0v) is 26.8. The molecule has 6 rings (SSSR count). The molecule has 234 valence electrons. The molecule has 1 heterocycles. The Morgan fingerprint density at radius 3 is 1.51 bits per heavy atom. The number of benzene rings is 5. The maximum atomic E-state index is 13.1. The minimum atomic E-state index is -0.00565. The van der Waals surface area contributed by atoms with Crippen LogP contribution in [0.5, 0.6) is 0 Å². The molecule has 0 N–H and O–H groups in total. The van der Waals surface area contributed by atoms with Gasteiger partial charge in [0.25, 0.3) is 0 Å². The van der Waals surface area contributed by atoms with Crippen LogP contribution in [0.4, 0.5) is 0 Å². The van der Waals surface area contributed by atoms with Crippen LogP contribution in [-0.4, -0.2) is 26.6 Å². The molecule has 0 amide bonds. The number of hydrogen-bond donors (Lipinski definition) is 0. The summed E-state index contributed by atoms with van der Waals surface area (Å²) in [5.41, 5.74) is 8.32. The topological polar surface area (TPSA) is 64.8 Å². The summed E-state index contributed by atoms with van der Waals surface area (Å²) in [4.78, 5) is 26.2. The monoisotopic (exact) mass is 617 g/mol. The van der Waals surface area contributed by atoms with Gasteiger partial charge in [-0.15, -0.1) is 5.10 Å². The van der Waals surface area contributed by atoms with E-state index in [2.05, 4.69) is 29.4 Å². The summed E-state index contributed by atoms with van der Waals surface area (Å²) in [6, 6.07) is 40.5. The molecule has 0 aliphatic rings. The SMILES string of the molecule is CCCCCCCCn1cc(-c2c(-c3ccc(C(=O)c4ccccc4)cc3)cccc2-c2ccc(C(=O)c3ccccc3)cc2)nn1. The van der Waals surface area contributed by atoms with Crippen molar-refractivity contribution in [3.63, 3.8) is 0 Å². The molecule has 47 heavy (non-hydrogen) atoms. The van der Waals surface area contributed by atoms with Crippen LogP contribution in [0.1, 0.15) is 77.3 Å². The minimum Gasteiger partial charge on any atom is -0.289 e. The molecule has 1 aromatic heterocycles. The van der Waals surface area contributed by atoms with Crippen molar-refractivity contribution >= 4 is 11.6 Å². The first kappa shape index (κ1) is 31.6. The van der Waals surface area contributed by atoms with E-state index in [1.807, 2.05) is 126 Å². The summed E-state index contributed by atoms with van der Waals surface area (Å²) in [5, 5.41) is 9.18. The van der Waals surface area contributed by atoms with Crippen molar-refractivity contribution in [1.82, 2.24) is 15.0 Å². The Morgan fingerprint density at radius 1 is 0.532 bits per heavy atom. The quantitative estimate of drug-likeness (QED) is 0.0901. The van der Waals surface area contributed by atoms with Crippen LogP contribution in [-0.2, 0) is 6.54 Å². The Kier molecular flexibility index (Phi) is 10.2. The molecule has 0 bridgehead atoms. The van der Waals surface area contributed by atoms with E-state index in [4.69, 9.17) is 0 Å². The van der Waals surface area contributed by atoms with Gasteiger partial charge in [-0.2, -0.15) is 0 Å². The number of aryl methyl sites for hydroxylation is 1. The Morgan fingerprint density at radius 2 is 1.00 bits per heavy atom. The van der Waals surface area contributed by atoms with Gasteiger partial charge in [0.15, 0.2) is 11.6 Å². The van der Waals surface area contributed by atoms with Crippen molar-refractivity contribution in [2.24, 2.45) is 0 Å². The molecule has 0 unspecified atom stereocenters. The summed E-state index contributed by atoms with van der Waals surface area (Å²) in [7, 11) is 0. The predicted molar refractivity (Wildman–Crippen MR) is 189 cm³/mol. The normalized spacial score (nSPS) is 11.0. The fraction of sp³-hybridized carbons (Fsp3) is 0.190. The second-order valence-corrected chi connectivity index (χ2v) is 11.9. The number of nitrogens with zero attached hydrogens (tertiary/aromatic N) is 3. The average Bonchev–Trinajstić information content (AvgIpc) is 3.61. The maximum absolute atomic E-state index is 13.1. The van der Waals surface area contributed by atoms with Gasteiger partial charge in [0.2, 0.25) is 0 Å². The zero-order chi connectivity index (χ0) is 32.4. The van der Waals surface area contributed by atoms with Crippen LogP contribution in [0.15, 0.2) is 134 Å². The lowest BCUT2D eigenvalue weighted by molar-refractivity contribution is 0.103. The summed E-state index contributed by atoms with van der Waals surface area (Å²) in [6.07, 6.45) is 9.33. The second-order valence-electron chi connectivity index (χ2n) is 11.9. The molecule has 0 aliphatic carbocycles. The van der Waals surface area contributed by atoms with Gasteiger partial charge in [0.05, 0.1) is 6.20 Å². The second kappa shape index (κ2) is 15.2. The lowest BCUT2D eigenvalue weighted by Crippen LogP contribution is -2.01. The minimum absolute atomic E-state index is 0.00565. The van der Waals surface area contributed by atoms with Crippen molar-refractivity contribution in [2.45, 2.75) is 52.0 Å². The molecule has 5 aromatic carbocycles. The molecule has 0 radical (unpaired) electrons. The molecule has 5 heteroatoms. The summed E-state index contributed by atoms with van der Waals surface area (Å²) in [5.74, 6) is -0.0113. The summed E-state index contributed by atoms with van der Waals surface area (Å²) in [6.45, 7) is 3.06. The van der Waals surface area contributed by atoms with E-state index in [9.17, 15) is 9.59 Å². The lowest BCUT2D eigenvalue weighted by Gasteiger charge is -2.15. The van der Waals surface area contributed by atoms with Gasteiger partial charge >= 0.3 is 0 Å². The predicted octanol–water partition coefficient (Wildman–Crippen LogP) is 10.1. The van der Waals surface area contributed by atoms with Crippen molar-refractivity contribution in [3.8, 4) is 33.5 Å². The van der Waals surface area contributed by atoms with Gasteiger partial charge in [-0.1, -0.05) is 172 Å². The molecular weight excluding hydrogens is 578 g/mol. The van der Waals surface area contributed by atoms with E-state index in [1.165, 1.54) is 32.1 Å². The van der Waals surface area contributed by atoms with Crippen LogP contribution in [0.25, 0.3) is 33.5 Å². The average molecular weight is 618 g/mol. The number of hydrogen-bond acceptors (Lipinski definition) is 4. The third-order valence-electron chi connectivity index (χ3n) is 8.59. The molecule has 0 spiro atoms. The highest BCUT2D eigenvalue weighted by molar-refractivity contribution is 6.10. The zero-order valence-electron chi connectivity index (χ0n) is 26.8. The fourth-order valence-corrected chi connectivity index (χ4v) is 6.00. The van der Waals surface area contributed by atoms with Crippen LogP contribution < -0.4 is 0 Å². The van der Waals surface area contributed by atoms with E-state index < -0.39 is 0 Å². The first-order valence-electron chi connectivity index (χ1n) is 16.6. The van der Waals surface area contributed by atoms with Crippen molar-refractivity contribution in [1.29, 1.82) is 0 Å². The van der Waals surface area contributed by atoms with Crippen LogP contribution in [0.2, 0.25) is 0 Å². The van der Waals surface area contributed by atoms with Gasteiger partial charge in [0, 0.05) is 34.4 Å². The van der Waals surface area contributed by atoms with Gasteiger partial charge in [-0.25, -0.2) is 0 Å². The number of unbranched alkanes of at least 4 members (excludes halogenated alkanes) is 5. The van der Waals surface area contributed by atoms with Crippen LogP contribution in [0, 0.1) is 0 Å². The van der Waals surface area contributed by atoms with E-state index in [1.54, 1.807) is 0 Å². The highest BCUT2D eigenvalue weighted by Crippen LogP contribution is 2.39. The largest absolute Gasteiger partial charge is 0.289 e. The number of rotatable bonds is 14. The third-order valence-corrected chi connectivity index (χ3v) is 8.59. The van der Waals surface area contributed by atoms with Crippen LogP contribution >= 0.6 is 0 Å². The standard InChI is InChI=1S/C42H39N3O2/c1-2-3-4-5-6-13-29-45-30-39(43-44-45)40-37(31-21-25-35(26-22-31)41(46)33-15-9-7-10-16-33)19-14-20-38(40)32-23-27-36(28-24-32)42(47)34-17-11-8-12-18-34/h7-12,14-28,30H,2-6,13,29H2,1H3. The van der Waals surface area contributed by atoms with Gasteiger partial charge in [-0.3, -0.25) is 14.3 Å². The van der Waals surface area contributed by atoms with Crippen molar-refractivity contribution < 1.29 is 9.59 Å². The highest BCUT2D eigenvalue weighted by Gasteiger charge is 2.19. The van der Waals surface area contributed by atoms with E-state index in [0.717, 1.165) is 46.5 Å². The summed E-state index contributed by atoms with van der Waals surface area (Å²) >= 11 is 0. The molecule has 5 nitrogen and oxygen atoms in total. The molecule has 6 aromatic rings. The fourth-order valence-electron chi connectivity index (χ4n) is 6.00. The van der Waals surface area contributed by atoms with Gasteiger partial charge < -0.3 is 0 Å². The van der Waals surface area contributed by atoms with Crippen molar-refractivity contribution in [2.75, 3.05) is 0 Å². The van der Waals surface area contributed by atoms with Gasteiger partial charge in [0.1, 0.15) is 5.69 Å². The number of carbonyl (C=O) groups excluding carboxylic acids is 2. The molecule has 0 fully saturated rings. The summed E-state index contributed by atoms with van der Waals surface area (Å²) < 4.78 is 1.94. The Balaban J connectivity index is 1.34. The van der Waals surface area contributed by atoms with E-state index in [-0.39, 0.29) is 11.6 Å². The lowest BCUT2D eigenvalue weighted by atomic mass is 9.89. The molecule has 0 saturated carbocycles. The Hall–Kier alpha value is -5.42. The van der Waals surface area contributed by atoms with E-state index >= 15 is 0 Å². The van der Waals surface area contributed by atoms with E-state index in [0.29, 0.717) is 22.3 Å². The van der Waals surface area contributed by atoms with Gasteiger partial charge in [-0.05, 0) is 28.7 Å². The maximum Gasteiger partial charge on any atom is 0.193 e. The smallest absolute Gasteiger partial charge is 0.193 e. The first-order valence-corrected chi connectivity index (χ1v) is 16.6.